The molecule has 0 nitrogen and oxygen atoms in total. The summed E-state index contributed by atoms with van der Waals surface area (Å²) < 4.78 is 61.3. The van der Waals surface area contributed by atoms with Gasteiger partial charge in [-0.3, -0.25) is 0 Å². The van der Waals surface area contributed by atoms with Crippen molar-refractivity contribution in [3.63, 3.8) is 0 Å². The van der Waals surface area contributed by atoms with Gasteiger partial charge in [0.1, 0.15) is 0 Å². The van der Waals surface area contributed by atoms with Crippen LogP contribution in [-0.4, -0.2) is 0 Å². The van der Waals surface area contributed by atoms with E-state index in [-0.39, 0.29) is 12.0 Å². The van der Waals surface area contributed by atoms with E-state index in [1.54, 1.807) is 6.92 Å². The molecule has 0 aromatic heterocycles. The van der Waals surface area contributed by atoms with Crippen molar-refractivity contribution in [3.8, 4) is 0 Å². The minimum absolute atomic E-state index is 0.0179. The number of halogens is 6. The summed E-state index contributed by atoms with van der Waals surface area (Å²) in [5.41, 5.74) is -0.305. The topological polar surface area (TPSA) is 0 Å². The molecule has 88 valence electrons. The molecule has 0 aliphatic carbocycles. The Morgan fingerprint density at radius 1 is 1.00 bits per heavy atom. The van der Waals surface area contributed by atoms with Gasteiger partial charge in [0.15, 0.2) is 0 Å². The van der Waals surface area contributed by atoms with Gasteiger partial charge in [-0.15, -0.1) is 0 Å². The van der Waals surface area contributed by atoms with Crippen LogP contribution in [0.15, 0.2) is 24.3 Å². The molecular weight excluding hydrogens is 330 g/mol. The molecule has 0 radical (unpaired) electrons. The van der Waals surface area contributed by atoms with Crippen LogP contribution < -0.4 is 18.5 Å². The Kier molecular flexibility index (Phi) is 2.58. The van der Waals surface area contributed by atoms with E-state index in [0.29, 0.717) is 12.5 Å². The zero-order valence-corrected chi connectivity index (χ0v) is 10.1. The van der Waals surface area contributed by atoms with Gasteiger partial charge in [0.05, 0.1) is 0 Å². The molecule has 15 heavy (non-hydrogen) atoms. The number of rotatable bonds is 3. The second kappa shape index (κ2) is 3.05. The molecule has 6 heteroatoms. The van der Waals surface area contributed by atoms with Crippen LogP contribution in [0.25, 0.3) is 0 Å². The first-order valence-corrected chi connectivity index (χ1v) is 9.45. The molecule has 0 atom stereocenters. The Labute approximate surface area is 86.1 Å². The van der Waals surface area contributed by atoms with Gasteiger partial charge < -0.3 is 0 Å². The van der Waals surface area contributed by atoms with E-state index in [1.165, 1.54) is 6.07 Å². The third-order valence-electron chi connectivity index (χ3n) is 1.86. The molecule has 0 bridgehead atoms. The zero-order chi connectivity index (χ0) is 11.8. The number of benzene rings is 1. The van der Waals surface area contributed by atoms with Gasteiger partial charge >= 0.3 is 86.0 Å². The van der Waals surface area contributed by atoms with E-state index in [2.05, 4.69) is 0 Å². The first kappa shape index (κ1) is 12.7. The molecule has 0 spiro atoms. The van der Waals surface area contributed by atoms with Crippen LogP contribution in [0.2, 0.25) is 0 Å². The molecule has 0 aliphatic rings. The van der Waals surface area contributed by atoms with Gasteiger partial charge in [-0.25, -0.2) is 0 Å². The number of aryl methyl sites for hydroxylation is 1. The summed E-state index contributed by atoms with van der Waals surface area (Å²) in [7, 11) is 0. The molecular formula is C9H11F5I+. The summed E-state index contributed by atoms with van der Waals surface area (Å²) in [6.07, 6.45) is 0.422. The van der Waals surface area contributed by atoms with Crippen molar-refractivity contribution >= 4 is 0 Å². The maximum absolute atomic E-state index is 12.6. The Morgan fingerprint density at radius 3 is 2.00 bits per heavy atom. The monoisotopic (exact) mass is 341 g/mol. The van der Waals surface area contributed by atoms with Crippen molar-refractivity contribution in [2.24, 2.45) is 0 Å². The Balaban J connectivity index is 3.39. The summed E-state index contributed by atoms with van der Waals surface area (Å²) in [5, 5.41) is 0. The molecule has 0 saturated carbocycles. The Morgan fingerprint density at radius 2 is 1.53 bits per heavy atom. The van der Waals surface area contributed by atoms with Crippen LogP contribution in [0.5, 0.6) is 0 Å². The average molecular weight is 341 g/mol. The molecule has 1 aromatic carbocycles. The van der Waals surface area contributed by atoms with Crippen molar-refractivity contribution in [1.29, 1.82) is 0 Å². The summed E-state index contributed by atoms with van der Waals surface area (Å²) in [4.78, 5) is 0. The fraction of sp³-hybridized carbons (Fsp3) is 0.333. The average Bonchev–Trinajstić information content (AvgIpc) is 2.01. The Hall–Kier alpha value is -0.400. The van der Waals surface area contributed by atoms with Gasteiger partial charge in [-0.05, 0) is 0 Å². The molecule has 0 N–H and O–H groups in total. The van der Waals surface area contributed by atoms with Crippen molar-refractivity contribution in [3.05, 3.63) is 33.4 Å². The summed E-state index contributed by atoms with van der Waals surface area (Å²) in [6.45, 7) is 1.65. The number of hydrogen-bond donors (Lipinski definition) is 0. The molecule has 1 aromatic rings. The third-order valence-corrected chi connectivity index (χ3v) is 5.11. The predicted molar refractivity (Wildman–Crippen MR) is 44.7 cm³/mol. The molecule has 0 fully saturated rings. The number of hydrogen-bond acceptors (Lipinski definition) is 0. The fourth-order valence-corrected chi connectivity index (χ4v) is 3.96. The normalized spacial score (nSPS) is 16.9. The SMILES string of the molecule is CCCc1ccccc1[I+](F)(F)(F)(F)F. The van der Waals surface area contributed by atoms with Crippen LogP contribution in [0, 0.1) is 3.57 Å². The minimum atomic E-state index is -10.3. The van der Waals surface area contributed by atoms with E-state index < -0.39 is 22.1 Å². The second-order valence-electron chi connectivity index (χ2n) is 3.24. The van der Waals surface area contributed by atoms with Crippen molar-refractivity contribution in [2.75, 3.05) is 0 Å². The first-order valence-electron chi connectivity index (χ1n) is 4.29. The quantitative estimate of drug-likeness (QED) is 0.577. The zero-order valence-electron chi connectivity index (χ0n) is 7.99. The van der Waals surface area contributed by atoms with Crippen LogP contribution >= 0.6 is 0 Å². The van der Waals surface area contributed by atoms with E-state index in [1.807, 2.05) is 0 Å². The summed E-state index contributed by atoms with van der Waals surface area (Å²) in [5.74, 6) is 0. The van der Waals surface area contributed by atoms with Gasteiger partial charge in [0.2, 0.25) is 0 Å². The first-order chi connectivity index (χ1) is 6.54. The molecule has 0 aliphatic heterocycles. The van der Waals surface area contributed by atoms with Gasteiger partial charge in [-0.1, -0.05) is 0 Å². The molecule has 0 amide bonds. The fourth-order valence-electron chi connectivity index (χ4n) is 1.32. The summed E-state index contributed by atoms with van der Waals surface area (Å²) >= 11 is -10.3. The Bertz CT molecular complexity index is 366. The van der Waals surface area contributed by atoms with Crippen LogP contribution in [0.4, 0.5) is 14.3 Å². The summed E-state index contributed by atoms with van der Waals surface area (Å²) in [6, 6.07) is 3.93. The van der Waals surface area contributed by atoms with Gasteiger partial charge in [0.25, 0.3) is 0 Å². The third kappa shape index (κ3) is 3.29. The van der Waals surface area contributed by atoms with Crippen LogP contribution in [0.1, 0.15) is 18.9 Å². The standard InChI is InChI=1S/C9H11F5I/c1-2-5-8-6-3-4-7-9(8)15(10,11,12,13)14/h3-4,6-7H,2,5H2,1H3/q+1. The van der Waals surface area contributed by atoms with Crippen molar-refractivity contribution < 1.29 is 32.8 Å². The molecule has 0 saturated heterocycles. The van der Waals surface area contributed by atoms with Crippen LogP contribution in [0.3, 0.4) is 0 Å². The van der Waals surface area contributed by atoms with Crippen molar-refractivity contribution in [1.82, 2.24) is 0 Å². The van der Waals surface area contributed by atoms with E-state index in [0.717, 1.165) is 12.1 Å². The van der Waals surface area contributed by atoms with Gasteiger partial charge in [-0.2, -0.15) is 0 Å². The van der Waals surface area contributed by atoms with Gasteiger partial charge in [0, 0.05) is 0 Å². The molecule has 0 unspecified atom stereocenters. The maximum atomic E-state index is 12.6. The molecule has 0 heterocycles. The van der Waals surface area contributed by atoms with E-state index >= 15 is 0 Å². The predicted octanol–water partition coefficient (Wildman–Crippen LogP) is 1.46. The second-order valence-corrected chi connectivity index (χ2v) is 9.52. The van der Waals surface area contributed by atoms with E-state index in [4.69, 9.17) is 0 Å². The van der Waals surface area contributed by atoms with Crippen molar-refractivity contribution in [2.45, 2.75) is 19.8 Å². The van der Waals surface area contributed by atoms with E-state index in [9.17, 15) is 14.3 Å². The van der Waals surface area contributed by atoms with Crippen LogP contribution in [-0.2, 0) is 6.42 Å². The molecule has 1 rings (SSSR count).